The summed E-state index contributed by atoms with van der Waals surface area (Å²) in [7, 11) is 0. The molecule has 40 heavy (non-hydrogen) atoms. The molecule has 2 aromatic heterocycles. The highest BCUT2D eigenvalue weighted by atomic mass is 35.5. The molecule has 0 saturated carbocycles. The number of nitrogens with one attached hydrogen (secondary N) is 2. The molecular formula is C24H28ClF3N6O5S. The lowest BCUT2D eigenvalue weighted by Gasteiger charge is -2.37. The molecule has 0 fully saturated rings. The van der Waals surface area contributed by atoms with E-state index in [1.807, 2.05) is 25.1 Å². The number of nitrogens with zero attached hydrogens (tertiary/aromatic N) is 4. The average Bonchev–Trinajstić information content (AvgIpc) is 3.43. The number of alkyl halides is 3. The van der Waals surface area contributed by atoms with E-state index >= 15 is 0 Å². The van der Waals surface area contributed by atoms with Gasteiger partial charge in [0.25, 0.3) is 0 Å². The number of anilines is 2. The van der Waals surface area contributed by atoms with E-state index in [4.69, 9.17) is 20.8 Å². The molecule has 0 bridgehead atoms. The standard InChI is InChI=1S/C24H28ClF3N6O5S/c1-6-33-12-17(18(25)32-33)40-34-11-14(10-22(2,3)19-30-31-21(36)38-19)37-16-8-7-13(9-15(16)34)29-20(35)39-23(4,5)24(26,27)28/h7-9,12,14H,6,10-11H2,1-5H3,(H,29,35)(H,31,36)/t14-/m0/s1. The van der Waals surface area contributed by atoms with Crippen LogP contribution in [-0.4, -0.2) is 50.5 Å². The first-order chi connectivity index (χ1) is 18.6. The van der Waals surface area contributed by atoms with Crippen molar-refractivity contribution in [3.63, 3.8) is 0 Å². The molecule has 1 aliphatic rings. The van der Waals surface area contributed by atoms with Crippen LogP contribution in [0.15, 0.2) is 38.5 Å². The van der Waals surface area contributed by atoms with Gasteiger partial charge in [-0.15, -0.1) is 5.10 Å². The van der Waals surface area contributed by atoms with Gasteiger partial charge in [-0.1, -0.05) is 25.4 Å². The smallest absolute Gasteiger partial charge is 0.434 e. The van der Waals surface area contributed by atoms with Gasteiger partial charge in [-0.3, -0.25) is 10.00 Å². The summed E-state index contributed by atoms with van der Waals surface area (Å²) < 4.78 is 59.1. The second kappa shape index (κ2) is 10.9. The molecule has 16 heteroatoms. The topological polar surface area (TPSA) is 128 Å². The summed E-state index contributed by atoms with van der Waals surface area (Å²) in [6.07, 6.45) is -4.19. The van der Waals surface area contributed by atoms with Gasteiger partial charge in [-0.25, -0.2) is 14.7 Å². The molecule has 11 nitrogen and oxygen atoms in total. The molecule has 1 amide bonds. The van der Waals surface area contributed by atoms with Crippen molar-refractivity contribution in [2.24, 2.45) is 0 Å². The van der Waals surface area contributed by atoms with Crippen LogP contribution in [0, 0.1) is 0 Å². The van der Waals surface area contributed by atoms with Crippen LogP contribution in [0.5, 0.6) is 5.75 Å². The lowest BCUT2D eigenvalue weighted by atomic mass is 9.86. The maximum atomic E-state index is 13.2. The molecular weight excluding hydrogens is 577 g/mol. The number of hydrogen-bond donors (Lipinski definition) is 2. The molecule has 0 radical (unpaired) electrons. The molecule has 1 aliphatic heterocycles. The number of aryl methyl sites for hydroxylation is 1. The predicted octanol–water partition coefficient (Wildman–Crippen LogP) is 5.76. The number of halogens is 4. The van der Waals surface area contributed by atoms with E-state index in [0.29, 0.717) is 41.0 Å². The van der Waals surface area contributed by atoms with Crippen molar-refractivity contribution in [1.29, 1.82) is 0 Å². The minimum Gasteiger partial charge on any atom is -0.486 e. The summed E-state index contributed by atoms with van der Waals surface area (Å²) in [5.74, 6) is 0.0321. The Morgan fingerprint density at radius 3 is 2.62 bits per heavy atom. The molecule has 0 aliphatic carbocycles. The summed E-state index contributed by atoms with van der Waals surface area (Å²) in [5.41, 5.74) is -2.61. The van der Waals surface area contributed by atoms with Crippen molar-refractivity contribution in [2.45, 2.75) is 75.8 Å². The Morgan fingerprint density at radius 1 is 1.30 bits per heavy atom. The second-order valence-corrected chi connectivity index (χ2v) is 11.7. The van der Waals surface area contributed by atoms with Gasteiger partial charge >= 0.3 is 18.0 Å². The van der Waals surface area contributed by atoms with E-state index in [2.05, 4.69) is 25.3 Å². The van der Waals surface area contributed by atoms with Crippen LogP contribution in [0.4, 0.5) is 29.3 Å². The van der Waals surface area contributed by atoms with Gasteiger partial charge in [0, 0.05) is 23.8 Å². The number of benzene rings is 1. The van der Waals surface area contributed by atoms with E-state index in [9.17, 15) is 22.8 Å². The van der Waals surface area contributed by atoms with Crippen LogP contribution in [0.2, 0.25) is 5.15 Å². The third kappa shape index (κ3) is 6.52. The maximum absolute atomic E-state index is 13.2. The maximum Gasteiger partial charge on any atom is 0.434 e. The first-order valence-corrected chi connectivity index (χ1v) is 13.3. The van der Waals surface area contributed by atoms with Crippen LogP contribution in [0.3, 0.4) is 0 Å². The Labute approximate surface area is 236 Å². The number of ether oxygens (including phenoxy) is 2. The van der Waals surface area contributed by atoms with Gasteiger partial charge in [0.15, 0.2) is 5.15 Å². The van der Waals surface area contributed by atoms with E-state index in [1.54, 1.807) is 23.0 Å². The van der Waals surface area contributed by atoms with Gasteiger partial charge < -0.3 is 18.2 Å². The monoisotopic (exact) mass is 604 g/mol. The number of carbonyl (C=O) groups excluding carboxylic acids is 1. The molecule has 0 unspecified atom stereocenters. The SMILES string of the molecule is CCn1cc(SN2C[C@H](CC(C)(C)c3n[nH]c(=O)o3)Oc3ccc(NC(=O)OC(C)(C)C(F)(F)F)cc32)c(Cl)n1. The second-order valence-electron chi connectivity index (χ2n) is 10.2. The van der Waals surface area contributed by atoms with Gasteiger partial charge in [0.1, 0.15) is 11.9 Å². The fourth-order valence-corrected chi connectivity index (χ4v) is 5.17. The third-order valence-electron chi connectivity index (χ3n) is 6.14. The molecule has 0 saturated heterocycles. The largest absolute Gasteiger partial charge is 0.486 e. The van der Waals surface area contributed by atoms with Gasteiger partial charge in [0.2, 0.25) is 11.5 Å². The van der Waals surface area contributed by atoms with Crippen LogP contribution in [0.25, 0.3) is 0 Å². The normalized spacial score (nSPS) is 15.9. The molecule has 1 atom stereocenters. The molecule has 3 aromatic rings. The number of fused-ring (bicyclic) bond motifs is 1. The fourth-order valence-electron chi connectivity index (χ4n) is 3.91. The number of H-pyrrole nitrogens is 1. The Kier molecular flexibility index (Phi) is 8.09. The number of carbonyl (C=O) groups is 1. The highest BCUT2D eigenvalue weighted by molar-refractivity contribution is 8.00. The Bertz CT molecular complexity index is 1440. The summed E-state index contributed by atoms with van der Waals surface area (Å²) >= 11 is 7.65. The van der Waals surface area contributed by atoms with E-state index in [0.717, 1.165) is 13.8 Å². The number of aromatic amines is 1. The zero-order chi connectivity index (χ0) is 29.5. The van der Waals surface area contributed by atoms with E-state index in [-0.39, 0.29) is 11.6 Å². The van der Waals surface area contributed by atoms with Crippen LogP contribution < -0.4 is 20.1 Å². The van der Waals surface area contributed by atoms with Crippen LogP contribution >= 0.6 is 23.5 Å². The molecule has 0 spiro atoms. The zero-order valence-electron chi connectivity index (χ0n) is 22.3. The summed E-state index contributed by atoms with van der Waals surface area (Å²) in [6.45, 7) is 8.12. The summed E-state index contributed by atoms with van der Waals surface area (Å²) in [6, 6.07) is 4.65. The van der Waals surface area contributed by atoms with Crippen molar-refractivity contribution in [3.05, 3.63) is 46.0 Å². The minimum absolute atomic E-state index is 0.198. The third-order valence-corrected chi connectivity index (χ3v) is 7.59. The van der Waals surface area contributed by atoms with Crippen LogP contribution in [-0.2, 0) is 16.7 Å². The molecule has 2 N–H and O–H groups in total. The first-order valence-electron chi connectivity index (χ1n) is 12.2. The van der Waals surface area contributed by atoms with Crippen molar-refractivity contribution < 1.29 is 31.9 Å². The highest BCUT2D eigenvalue weighted by Crippen LogP contribution is 2.44. The Morgan fingerprint density at radius 2 is 2.02 bits per heavy atom. The number of aromatic nitrogens is 4. The molecule has 3 heterocycles. The van der Waals surface area contributed by atoms with Crippen LogP contribution in [0.1, 0.15) is 46.9 Å². The predicted molar refractivity (Wildman–Crippen MR) is 142 cm³/mol. The van der Waals surface area contributed by atoms with Crippen molar-refractivity contribution in [3.8, 4) is 5.75 Å². The molecule has 4 rings (SSSR count). The fraction of sp³-hybridized carbons (Fsp3) is 0.500. The minimum atomic E-state index is -4.75. The summed E-state index contributed by atoms with van der Waals surface area (Å²) in [5, 5.41) is 13.1. The van der Waals surface area contributed by atoms with E-state index in [1.165, 1.54) is 18.0 Å². The summed E-state index contributed by atoms with van der Waals surface area (Å²) in [4.78, 5) is 24.5. The molecule has 218 valence electrons. The van der Waals surface area contributed by atoms with Gasteiger partial charge in [-0.2, -0.15) is 18.3 Å². The molecule has 1 aromatic carbocycles. The number of hydrogen-bond acceptors (Lipinski definition) is 9. The quantitative estimate of drug-likeness (QED) is 0.308. The lowest BCUT2D eigenvalue weighted by Crippen LogP contribution is -2.44. The van der Waals surface area contributed by atoms with E-state index < -0.39 is 35.1 Å². The van der Waals surface area contributed by atoms with Crippen molar-refractivity contribution in [2.75, 3.05) is 16.2 Å². The van der Waals surface area contributed by atoms with Gasteiger partial charge in [-0.05, 0) is 57.3 Å². The zero-order valence-corrected chi connectivity index (χ0v) is 23.8. The highest BCUT2D eigenvalue weighted by Gasteiger charge is 2.51. The average molecular weight is 605 g/mol. The Hall–Kier alpha value is -3.33. The van der Waals surface area contributed by atoms with Crippen molar-refractivity contribution >= 4 is 41.0 Å². The Balaban J connectivity index is 1.60. The lowest BCUT2D eigenvalue weighted by molar-refractivity contribution is -0.242. The van der Waals surface area contributed by atoms with Gasteiger partial charge in [0.05, 0.1) is 17.1 Å². The first kappa shape index (κ1) is 29.6. The number of rotatable bonds is 8. The van der Waals surface area contributed by atoms with Crippen molar-refractivity contribution in [1.82, 2.24) is 20.0 Å². The number of amides is 1.